The lowest BCUT2D eigenvalue weighted by Crippen LogP contribution is -2.31. The third-order valence-electron chi connectivity index (χ3n) is 7.32. The molecule has 2 N–H and O–H groups in total. The normalized spacial score (nSPS) is 20.2. The van der Waals surface area contributed by atoms with Gasteiger partial charge in [0.1, 0.15) is 11.8 Å². The second kappa shape index (κ2) is 10.2. The minimum Gasteiger partial charge on any atom is -0.494 e. The molecule has 0 spiro atoms. The molecule has 3 aromatic rings. The van der Waals surface area contributed by atoms with Gasteiger partial charge in [-0.1, -0.05) is 39.7 Å². The molecule has 7 nitrogen and oxygen atoms in total. The maximum Gasteiger partial charge on any atom is 0.229 e. The zero-order chi connectivity index (χ0) is 26.2. The van der Waals surface area contributed by atoms with Gasteiger partial charge >= 0.3 is 0 Å². The summed E-state index contributed by atoms with van der Waals surface area (Å²) in [4.78, 5) is 19.5. The standard InChI is InChI=1S/C29H35N5O2S/c1-29(2,3)27(35)31-21-15-14-20(18-24(21)36-4)34-26(23-13-9-17-33(23)19-10-5-6-11-19)25(32-28(34)37)22-12-7-8-16-30-22/h7-9,12-19,25-26H,5-6,10-11H2,1-4H3,(H,31,35)(H,32,37)/t25-,26-/m1/s1. The van der Waals surface area contributed by atoms with Crippen LogP contribution in [0.2, 0.25) is 0 Å². The minimum absolute atomic E-state index is 0.0700. The molecule has 0 radical (unpaired) electrons. The van der Waals surface area contributed by atoms with Gasteiger partial charge in [-0.05, 0) is 61.5 Å². The number of anilines is 2. The Bertz CT molecular complexity index is 1280. The zero-order valence-electron chi connectivity index (χ0n) is 21.9. The Morgan fingerprint density at radius 1 is 1.14 bits per heavy atom. The lowest BCUT2D eigenvalue weighted by atomic mass is 9.95. The summed E-state index contributed by atoms with van der Waals surface area (Å²) in [6.07, 6.45) is 8.93. The van der Waals surface area contributed by atoms with Crippen LogP contribution in [0.4, 0.5) is 11.4 Å². The van der Waals surface area contributed by atoms with Crippen LogP contribution >= 0.6 is 12.2 Å². The van der Waals surface area contributed by atoms with Crippen LogP contribution in [0.3, 0.4) is 0 Å². The monoisotopic (exact) mass is 517 g/mol. The number of nitrogens with one attached hydrogen (secondary N) is 2. The number of ether oxygens (including phenoxy) is 1. The molecule has 5 rings (SSSR count). The number of amides is 1. The van der Waals surface area contributed by atoms with E-state index in [-0.39, 0.29) is 18.0 Å². The van der Waals surface area contributed by atoms with Crippen molar-refractivity contribution < 1.29 is 9.53 Å². The summed E-state index contributed by atoms with van der Waals surface area (Å²) in [7, 11) is 1.62. The van der Waals surface area contributed by atoms with E-state index in [0.717, 1.165) is 11.4 Å². The molecule has 194 valence electrons. The molecule has 1 aliphatic carbocycles. The summed E-state index contributed by atoms with van der Waals surface area (Å²) in [5, 5.41) is 7.19. The van der Waals surface area contributed by atoms with Gasteiger partial charge in [-0.2, -0.15) is 0 Å². The SMILES string of the molecule is COc1cc(N2C(=S)N[C@H](c3ccccn3)[C@H]2c2cccn2C2CCCC2)ccc1NC(=O)C(C)(C)C. The zero-order valence-corrected chi connectivity index (χ0v) is 22.7. The average Bonchev–Trinajstić information content (AvgIpc) is 3.64. The quantitative estimate of drug-likeness (QED) is 0.381. The van der Waals surface area contributed by atoms with Crippen LogP contribution in [0.1, 0.15) is 76.0 Å². The summed E-state index contributed by atoms with van der Waals surface area (Å²) < 4.78 is 8.15. The highest BCUT2D eigenvalue weighted by Crippen LogP contribution is 2.45. The van der Waals surface area contributed by atoms with E-state index in [1.807, 2.05) is 63.4 Å². The summed E-state index contributed by atoms with van der Waals surface area (Å²) in [6, 6.07) is 16.4. The topological polar surface area (TPSA) is 71.4 Å². The van der Waals surface area contributed by atoms with Crippen molar-refractivity contribution in [3.8, 4) is 5.75 Å². The first-order valence-corrected chi connectivity index (χ1v) is 13.4. The maximum absolute atomic E-state index is 12.6. The van der Waals surface area contributed by atoms with Gasteiger partial charge in [0.2, 0.25) is 5.91 Å². The van der Waals surface area contributed by atoms with Crippen molar-refractivity contribution in [2.75, 3.05) is 17.3 Å². The van der Waals surface area contributed by atoms with E-state index in [9.17, 15) is 4.79 Å². The molecule has 1 aromatic carbocycles. The fourth-order valence-corrected chi connectivity index (χ4v) is 5.69. The van der Waals surface area contributed by atoms with E-state index in [1.54, 1.807) is 7.11 Å². The van der Waals surface area contributed by atoms with Crippen molar-refractivity contribution in [1.29, 1.82) is 0 Å². The largest absolute Gasteiger partial charge is 0.494 e. The first kappa shape index (κ1) is 25.3. The van der Waals surface area contributed by atoms with E-state index in [1.165, 1.54) is 31.4 Å². The van der Waals surface area contributed by atoms with E-state index in [4.69, 9.17) is 17.0 Å². The van der Waals surface area contributed by atoms with E-state index >= 15 is 0 Å². The molecule has 2 aromatic heterocycles. The van der Waals surface area contributed by atoms with Gasteiger partial charge in [0.05, 0.1) is 24.5 Å². The molecular weight excluding hydrogens is 482 g/mol. The van der Waals surface area contributed by atoms with Gasteiger partial charge in [-0.25, -0.2) is 0 Å². The van der Waals surface area contributed by atoms with E-state index < -0.39 is 5.41 Å². The van der Waals surface area contributed by atoms with Crippen LogP contribution < -0.4 is 20.3 Å². The summed E-state index contributed by atoms with van der Waals surface area (Å²) >= 11 is 5.93. The Labute approximate surface area is 224 Å². The van der Waals surface area contributed by atoms with Gasteiger partial charge in [0.25, 0.3) is 0 Å². The number of aromatic nitrogens is 2. The lowest BCUT2D eigenvalue weighted by Gasteiger charge is -2.31. The Balaban J connectivity index is 1.57. The molecule has 8 heteroatoms. The molecule has 1 aliphatic heterocycles. The molecule has 37 heavy (non-hydrogen) atoms. The highest BCUT2D eigenvalue weighted by atomic mass is 32.1. The molecule has 2 fully saturated rings. The number of pyridine rings is 1. The van der Waals surface area contributed by atoms with Gasteiger partial charge < -0.3 is 24.8 Å². The van der Waals surface area contributed by atoms with Gasteiger partial charge in [-0.15, -0.1) is 0 Å². The van der Waals surface area contributed by atoms with Gasteiger partial charge in [0, 0.05) is 41.3 Å². The number of nitrogens with zero attached hydrogens (tertiary/aromatic N) is 3. The van der Waals surface area contributed by atoms with Crippen LogP contribution in [-0.2, 0) is 4.79 Å². The molecule has 1 saturated carbocycles. The molecule has 0 bridgehead atoms. The van der Waals surface area contributed by atoms with Crippen molar-refractivity contribution in [3.63, 3.8) is 0 Å². The first-order chi connectivity index (χ1) is 17.8. The number of methoxy groups -OCH3 is 1. The Hall–Kier alpha value is -3.39. The molecule has 1 amide bonds. The van der Waals surface area contributed by atoms with Crippen molar-refractivity contribution >= 4 is 34.6 Å². The Kier molecular flexibility index (Phi) is 6.94. The van der Waals surface area contributed by atoms with Crippen LogP contribution in [0, 0.1) is 5.41 Å². The van der Waals surface area contributed by atoms with E-state index in [2.05, 4.69) is 43.4 Å². The smallest absolute Gasteiger partial charge is 0.229 e. The van der Waals surface area contributed by atoms with Crippen molar-refractivity contribution in [3.05, 3.63) is 72.3 Å². The third kappa shape index (κ3) is 4.94. The second-order valence-electron chi connectivity index (χ2n) is 10.9. The molecule has 2 atom stereocenters. The van der Waals surface area contributed by atoms with Crippen LogP contribution in [-0.4, -0.2) is 27.7 Å². The van der Waals surface area contributed by atoms with E-state index in [0.29, 0.717) is 22.6 Å². The predicted octanol–water partition coefficient (Wildman–Crippen LogP) is 6.17. The molecular formula is C29H35N5O2S. The maximum atomic E-state index is 12.6. The fraction of sp³-hybridized carbons (Fsp3) is 0.414. The highest BCUT2D eigenvalue weighted by molar-refractivity contribution is 7.80. The Morgan fingerprint density at radius 2 is 1.92 bits per heavy atom. The number of carbonyl (C=O) groups excluding carboxylic acids is 1. The molecule has 1 saturated heterocycles. The summed E-state index contributed by atoms with van der Waals surface area (Å²) in [5.41, 5.74) is 3.16. The van der Waals surface area contributed by atoms with Crippen LogP contribution in [0.5, 0.6) is 5.75 Å². The molecule has 2 aliphatic rings. The van der Waals surface area contributed by atoms with Crippen molar-refractivity contribution in [2.24, 2.45) is 5.41 Å². The lowest BCUT2D eigenvalue weighted by molar-refractivity contribution is -0.123. The number of rotatable bonds is 6. The highest BCUT2D eigenvalue weighted by Gasteiger charge is 2.43. The van der Waals surface area contributed by atoms with Crippen LogP contribution in [0.25, 0.3) is 0 Å². The average molecular weight is 518 g/mol. The fourth-order valence-electron chi connectivity index (χ4n) is 5.35. The number of hydrogen-bond acceptors (Lipinski definition) is 4. The first-order valence-electron chi connectivity index (χ1n) is 12.9. The molecule has 0 unspecified atom stereocenters. The predicted molar refractivity (Wildman–Crippen MR) is 151 cm³/mol. The number of carbonyl (C=O) groups is 1. The minimum atomic E-state index is -0.517. The van der Waals surface area contributed by atoms with Crippen molar-refractivity contribution in [2.45, 2.75) is 64.6 Å². The summed E-state index contributed by atoms with van der Waals surface area (Å²) in [6.45, 7) is 5.66. The Morgan fingerprint density at radius 3 is 2.59 bits per heavy atom. The van der Waals surface area contributed by atoms with Crippen molar-refractivity contribution in [1.82, 2.24) is 14.9 Å². The number of benzene rings is 1. The van der Waals surface area contributed by atoms with Gasteiger partial charge in [-0.3, -0.25) is 9.78 Å². The van der Waals surface area contributed by atoms with Crippen LogP contribution in [0.15, 0.2) is 60.9 Å². The number of hydrogen-bond donors (Lipinski definition) is 2. The third-order valence-corrected chi connectivity index (χ3v) is 7.64. The van der Waals surface area contributed by atoms with Gasteiger partial charge in [0.15, 0.2) is 5.11 Å². The summed E-state index contributed by atoms with van der Waals surface area (Å²) in [5.74, 6) is 0.517. The molecule has 3 heterocycles. The number of thiocarbonyl (C=S) groups is 1. The second-order valence-corrected chi connectivity index (χ2v) is 11.3.